The molecule has 0 aliphatic carbocycles. The highest BCUT2D eigenvalue weighted by molar-refractivity contribution is 5.92. The fourth-order valence-corrected chi connectivity index (χ4v) is 2.25. The zero-order valence-electron chi connectivity index (χ0n) is 13.6. The number of H-pyrrole nitrogens is 1. The monoisotopic (exact) mass is 329 g/mol. The number of hydrogen-bond donors (Lipinski definition) is 1. The SMILES string of the molecule is COC(=O)C(C)CN(Cc1ccccc1)C(=O)c1ccc(=O)[nH]n1. The van der Waals surface area contributed by atoms with E-state index in [-0.39, 0.29) is 23.7 Å². The van der Waals surface area contributed by atoms with Crippen molar-refractivity contribution in [2.45, 2.75) is 13.5 Å². The Morgan fingerprint density at radius 2 is 1.92 bits per heavy atom. The second kappa shape index (κ2) is 8.05. The molecule has 7 heteroatoms. The highest BCUT2D eigenvalue weighted by atomic mass is 16.5. The van der Waals surface area contributed by atoms with Gasteiger partial charge in [-0.15, -0.1) is 0 Å². The summed E-state index contributed by atoms with van der Waals surface area (Å²) in [5.74, 6) is -1.24. The maximum Gasteiger partial charge on any atom is 0.310 e. The molecular weight excluding hydrogens is 310 g/mol. The largest absolute Gasteiger partial charge is 0.469 e. The van der Waals surface area contributed by atoms with Gasteiger partial charge in [-0.25, -0.2) is 5.10 Å². The van der Waals surface area contributed by atoms with Gasteiger partial charge in [0.15, 0.2) is 0 Å². The number of benzene rings is 1. The van der Waals surface area contributed by atoms with Gasteiger partial charge in [-0.05, 0) is 11.6 Å². The van der Waals surface area contributed by atoms with E-state index in [4.69, 9.17) is 4.74 Å². The van der Waals surface area contributed by atoms with Gasteiger partial charge < -0.3 is 9.64 Å². The van der Waals surface area contributed by atoms with E-state index in [0.717, 1.165) is 5.56 Å². The van der Waals surface area contributed by atoms with Crippen LogP contribution in [0, 0.1) is 5.92 Å². The minimum Gasteiger partial charge on any atom is -0.469 e. The Morgan fingerprint density at radius 1 is 1.21 bits per heavy atom. The molecule has 2 rings (SSSR count). The van der Waals surface area contributed by atoms with Crippen LogP contribution in [0.15, 0.2) is 47.3 Å². The van der Waals surface area contributed by atoms with Gasteiger partial charge in [-0.2, -0.15) is 5.10 Å². The molecule has 0 spiro atoms. The predicted octanol–water partition coefficient (Wildman–Crippen LogP) is 1.22. The van der Waals surface area contributed by atoms with Gasteiger partial charge in [0, 0.05) is 19.2 Å². The molecular formula is C17H19N3O4. The number of nitrogens with zero attached hydrogens (tertiary/aromatic N) is 2. The van der Waals surface area contributed by atoms with Crippen molar-refractivity contribution in [1.29, 1.82) is 0 Å². The zero-order valence-corrected chi connectivity index (χ0v) is 13.6. The molecule has 1 heterocycles. The molecule has 1 atom stereocenters. The lowest BCUT2D eigenvalue weighted by Gasteiger charge is -2.24. The number of ether oxygens (including phenoxy) is 1. The third-order valence-corrected chi connectivity index (χ3v) is 3.50. The van der Waals surface area contributed by atoms with Crippen molar-refractivity contribution in [3.63, 3.8) is 0 Å². The molecule has 1 aromatic heterocycles. The number of carbonyl (C=O) groups excluding carboxylic acids is 2. The smallest absolute Gasteiger partial charge is 0.310 e. The topological polar surface area (TPSA) is 92.4 Å². The number of hydrogen-bond acceptors (Lipinski definition) is 5. The molecule has 0 fully saturated rings. The van der Waals surface area contributed by atoms with Crippen LogP contribution in [-0.2, 0) is 16.1 Å². The Labute approximate surface area is 139 Å². The first-order valence-corrected chi connectivity index (χ1v) is 7.48. The number of carbonyl (C=O) groups is 2. The summed E-state index contributed by atoms with van der Waals surface area (Å²) in [6, 6.07) is 12.0. The number of amides is 1. The van der Waals surface area contributed by atoms with Crippen LogP contribution in [-0.4, -0.2) is 40.6 Å². The molecule has 0 saturated heterocycles. The number of nitrogens with one attached hydrogen (secondary N) is 1. The lowest BCUT2D eigenvalue weighted by molar-refractivity contribution is -0.145. The van der Waals surface area contributed by atoms with E-state index >= 15 is 0 Å². The normalized spacial score (nSPS) is 11.6. The Kier molecular flexibility index (Phi) is 5.83. The van der Waals surface area contributed by atoms with Crippen molar-refractivity contribution in [3.8, 4) is 0 Å². The number of aromatic amines is 1. The minimum atomic E-state index is -0.481. The highest BCUT2D eigenvalue weighted by Crippen LogP contribution is 2.11. The van der Waals surface area contributed by atoms with Gasteiger partial charge in [-0.1, -0.05) is 37.3 Å². The van der Waals surface area contributed by atoms with E-state index in [9.17, 15) is 14.4 Å². The first-order chi connectivity index (χ1) is 11.5. The van der Waals surface area contributed by atoms with Crippen LogP contribution in [0.1, 0.15) is 23.0 Å². The van der Waals surface area contributed by atoms with Crippen molar-refractivity contribution >= 4 is 11.9 Å². The van der Waals surface area contributed by atoms with Crippen molar-refractivity contribution in [1.82, 2.24) is 15.1 Å². The Balaban J connectivity index is 2.23. The molecule has 0 radical (unpaired) electrons. The standard InChI is InChI=1S/C17H19N3O4/c1-12(17(23)24-2)10-20(11-13-6-4-3-5-7-13)16(22)14-8-9-15(21)19-18-14/h3-9,12H,10-11H2,1-2H3,(H,19,21). The molecule has 1 aromatic carbocycles. The Hall–Kier alpha value is -2.96. The van der Waals surface area contributed by atoms with E-state index in [1.54, 1.807) is 6.92 Å². The average molecular weight is 329 g/mol. The Morgan fingerprint density at radius 3 is 2.50 bits per heavy atom. The maximum absolute atomic E-state index is 12.7. The molecule has 24 heavy (non-hydrogen) atoms. The minimum absolute atomic E-state index is 0.114. The second-order valence-electron chi connectivity index (χ2n) is 5.40. The number of rotatable bonds is 6. The van der Waals surface area contributed by atoms with Crippen LogP contribution in [0.25, 0.3) is 0 Å². The number of aromatic nitrogens is 2. The molecule has 1 amide bonds. The summed E-state index contributed by atoms with van der Waals surface area (Å²) in [4.78, 5) is 37.0. The molecule has 7 nitrogen and oxygen atoms in total. The zero-order chi connectivity index (χ0) is 17.5. The summed E-state index contributed by atoms with van der Waals surface area (Å²) in [6.07, 6.45) is 0. The van der Waals surface area contributed by atoms with Crippen molar-refractivity contribution in [2.75, 3.05) is 13.7 Å². The van der Waals surface area contributed by atoms with Crippen molar-refractivity contribution < 1.29 is 14.3 Å². The van der Waals surface area contributed by atoms with Crippen LogP contribution in [0.3, 0.4) is 0 Å². The lowest BCUT2D eigenvalue weighted by Crippen LogP contribution is -2.37. The fraction of sp³-hybridized carbons (Fsp3) is 0.294. The van der Waals surface area contributed by atoms with E-state index in [1.165, 1.54) is 24.1 Å². The number of methoxy groups -OCH3 is 1. The average Bonchev–Trinajstić information content (AvgIpc) is 2.61. The molecule has 126 valence electrons. The van der Waals surface area contributed by atoms with Crippen LogP contribution < -0.4 is 5.56 Å². The summed E-state index contributed by atoms with van der Waals surface area (Å²) in [5, 5.41) is 6.01. The second-order valence-corrected chi connectivity index (χ2v) is 5.40. The quantitative estimate of drug-likeness (QED) is 0.805. The van der Waals surface area contributed by atoms with Gasteiger partial charge >= 0.3 is 5.97 Å². The van der Waals surface area contributed by atoms with Gasteiger partial charge in [0.1, 0.15) is 5.69 Å². The Bertz CT molecular complexity index is 737. The molecule has 0 aliphatic heterocycles. The first-order valence-electron chi connectivity index (χ1n) is 7.48. The van der Waals surface area contributed by atoms with Crippen LogP contribution >= 0.6 is 0 Å². The van der Waals surface area contributed by atoms with Crippen molar-refractivity contribution in [2.24, 2.45) is 5.92 Å². The highest BCUT2D eigenvalue weighted by Gasteiger charge is 2.23. The van der Waals surface area contributed by atoms with Crippen LogP contribution in [0.2, 0.25) is 0 Å². The molecule has 1 N–H and O–H groups in total. The van der Waals surface area contributed by atoms with Gasteiger partial charge in [0.2, 0.25) is 0 Å². The molecule has 1 unspecified atom stereocenters. The summed E-state index contributed by atoms with van der Waals surface area (Å²) >= 11 is 0. The van der Waals surface area contributed by atoms with E-state index < -0.39 is 11.9 Å². The van der Waals surface area contributed by atoms with Gasteiger partial charge in [-0.3, -0.25) is 14.4 Å². The predicted molar refractivity (Wildman–Crippen MR) is 87.2 cm³/mol. The summed E-state index contributed by atoms with van der Waals surface area (Å²) in [5.41, 5.74) is 0.652. The van der Waals surface area contributed by atoms with Crippen LogP contribution in [0.5, 0.6) is 0 Å². The summed E-state index contributed by atoms with van der Waals surface area (Å²) in [7, 11) is 1.31. The number of esters is 1. The summed E-state index contributed by atoms with van der Waals surface area (Å²) < 4.78 is 4.72. The van der Waals surface area contributed by atoms with Gasteiger partial charge in [0.25, 0.3) is 11.5 Å². The first kappa shape index (κ1) is 17.4. The fourth-order valence-electron chi connectivity index (χ4n) is 2.25. The molecule has 0 aliphatic rings. The maximum atomic E-state index is 12.7. The van der Waals surface area contributed by atoms with Crippen LogP contribution in [0.4, 0.5) is 0 Å². The van der Waals surface area contributed by atoms with E-state index in [1.807, 2.05) is 30.3 Å². The van der Waals surface area contributed by atoms with E-state index in [2.05, 4.69) is 10.2 Å². The van der Waals surface area contributed by atoms with E-state index in [0.29, 0.717) is 6.54 Å². The summed E-state index contributed by atoms with van der Waals surface area (Å²) in [6.45, 7) is 2.19. The lowest BCUT2D eigenvalue weighted by atomic mass is 10.1. The van der Waals surface area contributed by atoms with Gasteiger partial charge in [0.05, 0.1) is 13.0 Å². The molecule has 2 aromatic rings. The molecule has 0 saturated carbocycles. The van der Waals surface area contributed by atoms with Crippen molar-refractivity contribution in [3.05, 3.63) is 64.1 Å². The molecule has 0 bridgehead atoms. The third-order valence-electron chi connectivity index (χ3n) is 3.50. The third kappa shape index (κ3) is 4.52.